The first-order valence-corrected chi connectivity index (χ1v) is 10.4. The lowest BCUT2D eigenvalue weighted by atomic mass is 9.72. The van der Waals surface area contributed by atoms with Gasteiger partial charge in [0.2, 0.25) is 0 Å². The molecule has 1 N–H and O–H groups in total. The minimum atomic E-state index is -1.15. The van der Waals surface area contributed by atoms with Crippen LogP contribution in [0.4, 0.5) is 5.69 Å². The fraction of sp³-hybridized carbons (Fsp3) is 0.364. The van der Waals surface area contributed by atoms with Crippen LogP contribution in [-0.4, -0.2) is 41.5 Å². The van der Waals surface area contributed by atoms with Crippen LogP contribution < -0.4 is 4.90 Å². The summed E-state index contributed by atoms with van der Waals surface area (Å²) in [6.07, 6.45) is 1.88. The predicted octanol–water partition coefficient (Wildman–Crippen LogP) is 3.58. The Morgan fingerprint density at radius 3 is 2.68 bits per heavy atom. The van der Waals surface area contributed by atoms with Gasteiger partial charge in [0, 0.05) is 34.7 Å². The van der Waals surface area contributed by atoms with E-state index in [9.17, 15) is 14.7 Å². The van der Waals surface area contributed by atoms with Crippen LogP contribution in [0.25, 0.3) is 0 Å². The molecule has 1 spiro atoms. The van der Waals surface area contributed by atoms with E-state index in [1.165, 1.54) is 0 Å². The van der Waals surface area contributed by atoms with Crippen molar-refractivity contribution in [1.82, 2.24) is 4.90 Å². The molecule has 3 aliphatic rings. The SMILES string of the molecule is CN1C(=O)[C@]2(c3cc(Br)ccc31)[C@@H](C(=O)O)[C@H](c1ccccc1)[C@H]1CCCN12. The second-order valence-corrected chi connectivity index (χ2v) is 8.86. The molecule has 6 heteroatoms. The summed E-state index contributed by atoms with van der Waals surface area (Å²) in [5.41, 5.74) is 1.47. The highest BCUT2D eigenvalue weighted by Crippen LogP contribution is 2.61. The Hall–Kier alpha value is -2.18. The first kappa shape index (κ1) is 17.9. The molecule has 1 amide bonds. The zero-order valence-corrected chi connectivity index (χ0v) is 17.1. The lowest BCUT2D eigenvalue weighted by Gasteiger charge is -2.36. The highest BCUT2D eigenvalue weighted by atomic mass is 79.9. The van der Waals surface area contributed by atoms with Crippen LogP contribution in [0.1, 0.15) is 29.9 Å². The molecule has 0 unspecified atom stereocenters. The molecule has 3 heterocycles. The minimum Gasteiger partial charge on any atom is -0.481 e. The van der Waals surface area contributed by atoms with Crippen molar-refractivity contribution in [3.63, 3.8) is 0 Å². The van der Waals surface area contributed by atoms with E-state index >= 15 is 0 Å². The average molecular weight is 441 g/mol. The molecule has 2 aromatic carbocycles. The molecular formula is C22H21BrN2O3. The number of nitrogens with zero attached hydrogens (tertiary/aromatic N) is 2. The second-order valence-electron chi connectivity index (χ2n) is 7.95. The van der Waals surface area contributed by atoms with E-state index in [0.29, 0.717) is 0 Å². The van der Waals surface area contributed by atoms with Gasteiger partial charge in [-0.15, -0.1) is 0 Å². The Bertz CT molecular complexity index is 979. The number of amides is 1. The summed E-state index contributed by atoms with van der Waals surface area (Å²) >= 11 is 3.53. The summed E-state index contributed by atoms with van der Waals surface area (Å²) < 4.78 is 0.858. The van der Waals surface area contributed by atoms with Crippen LogP contribution in [0.15, 0.2) is 53.0 Å². The fourth-order valence-corrected chi connectivity index (χ4v) is 6.21. The Labute approximate surface area is 172 Å². The first-order valence-electron chi connectivity index (χ1n) is 9.60. The topological polar surface area (TPSA) is 60.9 Å². The maximum Gasteiger partial charge on any atom is 0.309 e. The normalized spacial score (nSPS) is 31.4. The zero-order chi connectivity index (χ0) is 19.6. The van der Waals surface area contributed by atoms with Gasteiger partial charge in [0.25, 0.3) is 5.91 Å². The van der Waals surface area contributed by atoms with Crippen molar-refractivity contribution >= 4 is 33.5 Å². The van der Waals surface area contributed by atoms with E-state index in [4.69, 9.17) is 0 Å². The van der Waals surface area contributed by atoms with Crippen LogP contribution in [-0.2, 0) is 15.1 Å². The van der Waals surface area contributed by atoms with Crippen LogP contribution in [0.2, 0.25) is 0 Å². The first-order chi connectivity index (χ1) is 13.5. The maximum atomic E-state index is 13.7. The van der Waals surface area contributed by atoms with Crippen molar-refractivity contribution in [2.24, 2.45) is 5.92 Å². The number of carbonyl (C=O) groups is 2. The van der Waals surface area contributed by atoms with E-state index in [2.05, 4.69) is 20.8 Å². The number of carboxylic acid groups (broad SMARTS) is 1. The van der Waals surface area contributed by atoms with E-state index < -0.39 is 17.4 Å². The molecule has 5 nitrogen and oxygen atoms in total. The van der Waals surface area contributed by atoms with Crippen molar-refractivity contribution in [2.45, 2.75) is 30.3 Å². The Kier molecular flexibility index (Phi) is 3.93. The minimum absolute atomic E-state index is 0.0470. The number of halogens is 1. The fourth-order valence-electron chi connectivity index (χ4n) is 5.85. The van der Waals surface area contributed by atoms with Gasteiger partial charge >= 0.3 is 5.97 Å². The maximum absolute atomic E-state index is 13.7. The summed E-state index contributed by atoms with van der Waals surface area (Å²) in [5, 5.41) is 10.4. The molecule has 0 aliphatic carbocycles. The zero-order valence-electron chi connectivity index (χ0n) is 15.5. The Morgan fingerprint density at radius 1 is 1.21 bits per heavy atom. The molecule has 0 aromatic heterocycles. The van der Waals surface area contributed by atoms with Crippen molar-refractivity contribution in [3.8, 4) is 0 Å². The van der Waals surface area contributed by atoms with Crippen LogP contribution in [0.5, 0.6) is 0 Å². The van der Waals surface area contributed by atoms with E-state index in [1.54, 1.807) is 11.9 Å². The second kappa shape index (κ2) is 6.16. The number of hydrogen-bond acceptors (Lipinski definition) is 3. The Balaban J connectivity index is 1.81. The highest BCUT2D eigenvalue weighted by Gasteiger charge is 2.70. The van der Waals surface area contributed by atoms with E-state index in [-0.39, 0.29) is 17.9 Å². The van der Waals surface area contributed by atoms with Gasteiger partial charge in [0.05, 0.1) is 5.92 Å². The molecule has 144 valence electrons. The van der Waals surface area contributed by atoms with Crippen molar-refractivity contribution in [3.05, 3.63) is 64.1 Å². The van der Waals surface area contributed by atoms with Gasteiger partial charge in [-0.3, -0.25) is 14.5 Å². The molecule has 0 bridgehead atoms. The van der Waals surface area contributed by atoms with Gasteiger partial charge in [-0.25, -0.2) is 0 Å². The number of rotatable bonds is 2. The molecule has 2 aromatic rings. The number of fused-ring (bicyclic) bond motifs is 4. The van der Waals surface area contributed by atoms with Crippen LogP contribution in [0, 0.1) is 5.92 Å². The van der Waals surface area contributed by atoms with Gasteiger partial charge < -0.3 is 10.0 Å². The van der Waals surface area contributed by atoms with E-state index in [1.807, 2.05) is 48.5 Å². The lowest BCUT2D eigenvalue weighted by molar-refractivity contribution is -0.150. The van der Waals surface area contributed by atoms with E-state index in [0.717, 1.165) is 40.7 Å². The van der Waals surface area contributed by atoms with Crippen molar-refractivity contribution < 1.29 is 14.7 Å². The number of likely N-dealkylation sites (N-methyl/N-ethyl adjacent to an activating group) is 1. The molecule has 28 heavy (non-hydrogen) atoms. The average Bonchev–Trinajstić information content (AvgIpc) is 3.32. The molecular weight excluding hydrogens is 420 g/mol. The Morgan fingerprint density at radius 2 is 1.96 bits per heavy atom. The number of aliphatic carboxylic acids is 1. The third-order valence-corrected chi connectivity index (χ3v) is 7.28. The van der Waals surface area contributed by atoms with Crippen molar-refractivity contribution in [2.75, 3.05) is 18.5 Å². The standard InChI is InChI=1S/C22H21BrN2O3/c1-24-16-10-9-14(23)12-15(16)22(21(24)28)19(20(26)27)18(13-6-3-2-4-7-13)17-8-5-11-25(17)22/h2-4,6-7,9-10,12,17-19H,5,8,11H2,1H3,(H,26,27)/t17-,18-,19-,22+/m1/s1. The number of hydrogen-bond donors (Lipinski definition) is 1. The summed E-state index contributed by atoms with van der Waals surface area (Å²) in [6.45, 7) is 0.739. The third kappa shape index (κ3) is 2.10. The molecule has 4 atom stereocenters. The van der Waals surface area contributed by atoms with Gasteiger partial charge in [0.15, 0.2) is 0 Å². The summed E-state index contributed by atoms with van der Waals surface area (Å²) in [5.74, 6) is -2.08. The quantitative estimate of drug-likeness (QED) is 0.774. The molecule has 5 rings (SSSR count). The molecule has 2 fully saturated rings. The molecule has 0 saturated carbocycles. The summed E-state index contributed by atoms with van der Waals surface area (Å²) in [4.78, 5) is 30.3. The molecule has 0 radical (unpaired) electrons. The predicted molar refractivity (Wildman–Crippen MR) is 109 cm³/mol. The van der Waals surface area contributed by atoms with Gasteiger partial charge in [-0.1, -0.05) is 46.3 Å². The summed E-state index contributed by atoms with van der Waals surface area (Å²) in [7, 11) is 1.75. The monoisotopic (exact) mass is 440 g/mol. The number of carbonyl (C=O) groups excluding carboxylic acids is 1. The largest absolute Gasteiger partial charge is 0.481 e. The number of carboxylic acids is 1. The smallest absolute Gasteiger partial charge is 0.309 e. The van der Waals surface area contributed by atoms with Gasteiger partial charge in [-0.2, -0.15) is 0 Å². The highest BCUT2D eigenvalue weighted by molar-refractivity contribution is 9.10. The van der Waals surface area contributed by atoms with Gasteiger partial charge in [0.1, 0.15) is 5.54 Å². The van der Waals surface area contributed by atoms with Crippen LogP contribution in [0.3, 0.4) is 0 Å². The number of anilines is 1. The third-order valence-electron chi connectivity index (χ3n) is 6.79. The lowest BCUT2D eigenvalue weighted by Crippen LogP contribution is -2.54. The molecule has 2 saturated heterocycles. The number of benzene rings is 2. The summed E-state index contributed by atoms with van der Waals surface area (Å²) in [6, 6.07) is 15.6. The van der Waals surface area contributed by atoms with Crippen molar-refractivity contribution in [1.29, 1.82) is 0 Å². The molecule has 3 aliphatic heterocycles. The van der Waals surface area contributed by atoms with Gasteiger partial charge in [-0.05, 0) is 43.1 Å². The van der Waals surface area contributed by atoms with Crippen LogP contribution >= 0.6 is 15.9 Å².